The molecule has 1 saturated carbocycles. The van der Waals surface area contributed by atoms with E-state index in [4.69, 9.17) is 4.74 Å². The summed E-state index contributed by atoms with van der Waals surface area (Å²) in [6, 6.07) is -0.0966. The lowest BCUT2D eigenvalue weighted by molar-refractivity contribution is -0.153. The van der Waals surface area contributed by atoms with E-state index in [2.05, 4.69) is 10.6 Å². The van der Waals surface area contributed by atoms with Gasteiger partial charge in [-0.15, -0.1) is 0 Å². The van der Waals surface area contributed by atoms with Crippen LogP contribution in [-0.4, -0.2) is 60.5 Å². The average Bonchev–Trinajstić information content (AvgIpc) is 2.53. The summed E-state index contributed by atoms with van der Waals surface area (Å²) in [6.07, 6.45) is 3.46. The molecule has 0 spiro atoms. The topological polar surface area (TPSA) is 87.7 Å². The Hall–Kier alpha value is -1.63. The van der Waals surface area contributed by atoms with Gasteiger partial charge in [-0.2, -0.15) is 0 Å². The quantitative estimate of drug-likeness (QED) is 0.601. The van der Waals surface area contributed by atoms with Crippen molar-refractivity contribution in [2.75, 3.05) is 19.7 Å². The van der Waals surface area contributed by atoms with Gasteiger partial charge in [-0.05, 0) is 47.5 Å². The molecule has 2 amide bonds. The van der Waals surface area contributed by atoms with E-state index >= 15 is 0 Å². The Morgan fingerprint density at radius 3 is 1.92 bits per heavy atom. The minimum Gasteiger partial charge on any atom is -0.466 e. The van der Waals surface area contributed by atoms with Crippen molar-refractivity contribution >= 4 is 17.8 Å². The van der Waals surface area contributed by atoms with Crippen LogP contribution in [-0.2, 0) is 19.1 Å². The highest BCUT2D eigenvalue weighted by atomic mass is 16.5. The SMILES string of the molecule is CCOC(=O)[C@@H]1CCCC[C@H]1N(CC(=O)NC(C)C)CC(=O)NC(C)C. The maximum Gasteiger partial charge on any atom is 0.310 e. The minimum atomic E-state index is -0.289. The van der Waals surface area contributed by atoms with Gasteiger partial charge in [0.15, 0.2) is 0 Å². The van der Waals surface area contributed by atoms with Crippen LogP contribution in [0, 0.1) is 5.92 Å². The van der Waals surface area contributed by atoms with Crippen LogP contribution in [0.5, 0.6) is 0 Å². The van der Waals surface area contributed by atoms with Crippen LogP contribution in [0.4, 0.5) is 0 Å². The molecular formula is C19H35N3O4. The van der Waals surface area contributed by atoms with E-state index in [1.165, 1.54) is 0 Å². The van der Waals surface area contributed by atoms with Crippen LogP contribution in [0.1, 0.15) is 60.3 Å². The number of nitrogens with zero attached hydrogens (tertiary/aromatic N) is 1. The lowest BCUT2D eigenvalue weighted by Gasteiger charge is -2.38. The Morgan fingerprint density at radius 2 is 1.46 bits per heavy atom. The van der Waals surface area contributed by atoms with Gasteiger partial charge >= 0.3 is 5.97 Å². The normalized spacial score (nSPS) is 20.3. The maximum absolute atomic E-state index is 12.4. The molecule has 0 heterocycles. The molecule has 1 fully saturated rings. The first-order chi connectivity index (χ1) is 12.2. The smallest absolute Gasteiger partial charge is 0.310 e. The molecule has 150 valence electrons. The summed E-state index contributed by atoms with van der Waals surface area (Å²) in [5.74, 6) is -0.783. The summed E-state index contributed by atoms with van der Waals surface area (Å²) in [6.45, 7) is 9.93. The molecule has 7 nitrogen and oxygen atoms in total. The minimum absolute atomic E-state index is 0.0288. The molecule has 0 aromatic carbocycles. The number of esters is 1. The first-order valence-corrected chi connectivity index (χ1v) is 9.74. The number of rotatable bonds is 9. The van der Waals surface area contributed by atoms with Crippen molar-refractivity contribution in [1.29, 1.82) is 0 Å². The molecule has 0 radical (unpaired) electrons. The van der Waals surface area contributed by atoms with E-state index in [-0.39, 0.29) is 54.9 Å². The third-order valence-corrected chi connectivity index (χ3v) is 4.38. The Kier molecular flexibility index (Phi) is 9.62. The predicted octanol–water partition coefficient (Wildman–Crippen LogP) is 1.46. The van der Waals surface area contributed by atoms with Crippen molar-refractivity contribution in [3.8, 4) is 0 Å². The molecule has 7 heteroatoms. The second-order valence-electron chi connectivity index (χ2n) is 7.56. The molecule has 0 aliphatic heterocycles. The summed E-state index contributed by atoms with van der Waals surface area (Å²) >= 11 is 0. The molecule has 0 saturated heterocycles. The number of ether oxygens (including phenoxy) is 1. The Labute approximate surface area is 157 Å². The van der Waals surface area contributed by atoms with Crippen LogP contribution in [0.3, 0.4) is 0 Å². The van der Waals surface area contributed by atoms with Gasteiger partial charge in [0.1, 0.15) is 0 Å². The first kappa shape index (κ1) is 22.4. The third-order valence-electron chi connectivity index (χ3n) is 4.38. The fraction of sp³-hybridized carbons (Fsp3) is 0.842. The lowest BCUT2D eigenvalue weighted by atomic mass is 9.83. The van der Waals surface area contributed by atoms with Gasteiger partial charge in [0.2, 0.25) is 11.8 Å². The molecule has 1 aliphatic rings. The molecule has 26 heavy (non-hydrogen) atoms. The number of hydrogen-bond donors (Lipinski definition) is 2. The summed E-state index contributed by atoms with van der Waals surface area (Å²) in [5.41, 5.74) is 0. The second-order valence-corrected chi connectivity index (χ2v) is 7.56. The molecular weight excluding hydrogens is 334 g/mol. The number of nitrogens with one attached hydrogen (secondary N) is 2. The highest BCUT2D eigenvalue weighted by molar-refractivity contribution is 5.82. The van der Waals surface area contributed by atoms with E-state index in [9.17, 15) is 14.4 Å². The molecule has 0 unspecified atom stereocenters. The molecule has 0 bridgehead atoms. The zero-order valence-corrected chi connectivity index (χ0v) is 16.8. The van der Waals surface area contributed by atoms with Gasteiger partial charge < -0.3 is 15.4 Å². The average molecular weight is 370 g/mol. The van der Waals surface area contributed by atoms with Crippen LogP contribution >= 0.6 is 0 Å². The summed E-state index contributed by atoms with van der Waals surface area (Å²) < 4.78 is 5.23. The fourth-order valence-electron chi connectivity index (χ4n) is 3.47. The largest absolute Gasteiger partial charge is 0.466 e. The maximum atomic E-state index is 12.4. The van der Waals surface area contributed by atoms with Gasteiger partial charge in [-0.25, -0.2) is 0 Å². The first-order valence-electron chi connectivity index (χ1n) is 9.74. The van der Waals surface area contributed by atoms with E-state index in [0.717, 1.165) is 25.7 Å². The molecule has 1 rings (SSSR count). The van der Waals surface area contributed by atoms with E-state index in [1.54, 1.807) is 6.92 Å². The number of carbonyl (C=O) groups is 3. The monoisotopic (exact) mass is 369 g/mol. The van der Waals surface area contributed by atoms with Gasteiger partial charge in [0.05, 0.1) is 25.6 Å². The van der Waals surface area contributed by atoms with Crippen molar-refractivity contribution in [3.63, 3.8) is 0 Å². The summed E-state index contributed by atoms with van der Waals surface area (Å²) in [7, 11) is 0. The van der Waals surface area contributed by atoms with Crippen LogP contribution in [0.2, 0.25) is 0 Å². The molecule has 0 aromatic heterocycles. The Bertz CT molecular complexity index is 455. The zero-order valence-electron chi connectivity index (χ0n) is 16.8. The number of amides is 2. The Morgan fingerprint density at radius 1 is 0.962 bits per heavy atom. The van der Waals surface area contributed by atoms with E-state index in [0.29, 0.717) is 6.61 Å². The molecule has 1 aliphatic carbocycles. The van der Waals surface area contributed by atoms with E-state index < -0.39 is 0 Å². The highest BCUT2D eigenvalue weighted by Gasteiger charge is 2.37. The summed E-state index contributed by atoms with van der Waals surface area (Å²) in [5, 5.41) is 5.73. The van der Waals surface area contributed by atoms with Crippen LogP contribution < -0.4 is 10.6 Å². The van der Waals surface area contributed by atoms with Crippen molar-refractivity contribution in [3.05, 3.63) is 0 Å². The number of hydrogen-bond acceptors (Lipinski definition) is 5. The lowest BCUT2D eigenvalue weighted by Crippen LogP contribution is -2.53. The fourth-order valence-corrected chi connectivity index (χ4v) is 3.47. The van der Waals surface area contributed by atoms with Gasteiger partial charge in [-0.3, -0.25) is 19.3 Å². The van der Waals surface area contributed by atoms with Crippen LogP contribution in [0.25, 0.3) is 0 Å². The second kappa shape index (κ2) is 11.2. The van der Waals surface area contributed by atoms with Crippen molar-refractivity contribution in [2.45, 2.75) is 78.4 Å². The highest BCUT2D eigenvalue weighted by Crippen LogP contribution is 2.29. The molecule has 2 atom stereocenters. The van der Waals surface area contributed by atoms with Crippen molar-refractivity contribution < 1.29 is 19.1 Å². The van der Waals surface area contributed by atoms with Crippen LogP contribution in [0.15, 0.2) is 0 Å². The van der Waals surface area contributed by atoms with Gasteiger partial charge in [0.25, 0.3) is 0 Å². The van der Waals surface area contributed by atoms with E-state index in [1.807, 2.05) is 32.6 Å². The van der Waals surface area contributed by atoms with Gasteiger partial charge in [-0.1, -0.05) is 12.8 Å². The standard InChI is InChI=1S/C19H35N3O4/c1-6-26-19(25)15-9-7-8-10-16(15)22(11-17(23)20-13(2)3)12-18(24)21-14(4)5/h13-16H,6-12H2,1-5H3,(H,20,23)(H,21,24)/t15-,16-/m1/s1. The van der Waals surface area contributed by atoms with Crippen molar-refractivity contribution in [2.24, 2.45) is 5.92 Å². The Balaban J connectivity index is 2.93. The molecule has 2 N–H and O–H groups in total. The number of carbonyl (C=O) groups excluding carboxylic acids is 3. The van der Waals surface area contributed by atoms with Crippen molar-refractivity contribution in [1.82, 2.24) is 15.5 Å². The van der Waals surface area contributed by atoms with Gasteiger partial charge in [0, 0.05) is 18.1 Å². The molecule has 0 aromatic rings. The predicted molar refractivity (Wildman–Crippen MR) is 101 cm³/mol. The summed E-state index contributed by atoms with van der Waals surface area (Å²) in [4.78, 5) is 38.9. The zero-order chi connectivity index (χ0) is 19.7. The third kappa shape index (κ3) is 7.72.